The third-order valence-electron chi connectivity index (χ3n) is 3.13. The quantitative estimate of drug-likeness (QED) is 0.659. The van der Waals surface area contributed by atoms with Gasteiger partial charge in [0.1, 0.15) is 5.82 Å². The molecule has 0 spiro atoms. The van der Waals surface area contributed by atoms with Gasteiger partial charge < -0.3 is 5.32 Å². The summed E-state index contributed by atoms with van der Waals surface area (Å²) in [5.41, 5.74) is 0.130. The predicted molar refractivity (Wildman–Crippen MR) is 63.7 cm³/mol. The summed E-state index contributed by atoms with van der Waals surface area (Å²) < 4.78 is 39.8. The summed E-state index contributed by atoms with van der Waals surface area (Å²) in [4.78, 5) is 1.99. The van der Waals surface area contributed by atoms with Gasteiger partial charge in [0.05, 0.1) is 6.04 Å². The Morgan fingerprint density at radius 1 is 1.11 bits per heavy atom. The van der Waals surface area contributed by atoms with Crippen molar-refractivity contribution >= 4 is 0 Å². The lowest BCUT2D eigenvalue weighted by Crippen LogP contribution is -2.44. The van der Waals surface area contributed by atoms with Crippen LogP contribution in [0.15, 0.2) is 24.8 Å². The molecule has 1 atom stereocenters. The molecule has 1 saturated heterocycles. The summed E-state index contributed by atoms with van der Waals surface area (Å²) in [5.74, 6) is -2.94. The van der Waals surface area contributed by atoms with Gasteiger partial charge in [-0.05, 0) is 6.07 Å². The molecule has 1 aliphatic heterocycles. The molecule has 0 aliphatic carbocycles. The second kappa shape index (κ2) is 5.54. The zero-order valence-electron chi connectivity index (χ0n) is 9.93. The minimum absolute atomic E-state index is 0.130. The highest BCUT2D eigenvalue weighted by Gasteiger charge is 2.23. The zero-order chi connectivity index (χ0) is 13.1. The van der Waals surface area contributed by atoms with E-state index in [-0.39, 0.29) is 5.56 Å². The summed E-state index contributed by atoms with van der Waals surface area (Å²) in [6.45, 7) is 6.67. The first kappa shape index (κ1) is 13.1. The van der Waals surface area contributed by atoms with Crippen molar-refractivity contribution in [2.24, 2.45) is 0 Å². The van der Waals surface area contributed by atoms with Crippen LogP contribution in [0.1, 0.15) is 11.6 Å². The van der Waals surface area contributed by atoms with Gasteiger partial charge in [-0.2, -0.15) is 0 Å². The van der Waals surface area contributed by atoms with Crippen molar-refractivity contribution in [1.82, 2.24) is 10.2 Å². The maximum absolute atomic E-state index is 13.7. The van der Waals surface area contributed by atoms with Gasteiger partial charge in [0, 0.05) is 37.8 Å². The van der Waals surface area contributed by atoms with Crippen molar-refractivity contribution < 1.29 is 13.2 Å². The fraction of sp³-hybridized carbons (Fsp3) is 0.385. The number of nitrogens with zero attached hydrogens (tertiary/aromatic N) is 1. The van der Waals surface area contributed by atoms with Crippen LogP contribution in [0.25, 0.3) is 0 Å². The Bertz CT molecular complexity index is 442. The van der Waals surface area contributed by atoms with Gasteiger partial charge in [0.25, 0.3) is 0 Å². The molecule has 1 aliphatic rings. The molecule has 0 saturated carbocycles. The molecule has 2 rings (SSSR count). The fourth-order valence-electron chi connectivity index (χ4n) is 2.20. The van der Waals surface area contributed by atoms with E-state index in [1.807, 2.05) is 4.90 Å². The van der Waals surface area contributed by atoms with Crippen molar-refractivity contribution in [3.05, 3.63) is 47.8 Å². The van der Waals surface area contributed by atoms with E-state index in [4.69, 9.17) is 0 Å². The van der Waals surface area contributed by atoms with Gasteiger partial charge in [0.2, 0.25) is 0 Å². The molecule has 1 aromatic carbocycles. The summed E-state index contributed by atoms with van der Waals surface area (Å²) >= 11 is 0. The first-order chi connectivity index (χ1) is 8.63. The van der Waals surface area contributed by atoms with Gasteiger partial charge in [-0.25, -0.2) is 13.2 Å². The minimum Gasteiger partial charge on any atom is -0.314 e. The SMILES string of the molecule is C=C[C@@H](c1cc(F)c(F)cc1F)N1CCNCC1. The van der Waals surface area contributed by atoms with Crippen molar-refractivity contribution in [3.63, 3.8) is 0 Å². The van der Waals surface area contributed by atoms with Crippen LogP contribution in [-0.2, 0) is 0 Å². The van der Waals surface area contributed by atoms with E-state index in [0.717, 1.165) is 32.2 Å². The molecule has 98 valence electrons. The first-order valence-corrected chi connectivity index (χ1v) is 5.85. The lowest BCUT2D eigenvalue weighted by Gasteiger charge is -2.33. The number of rotatable bonds is 3. The number of nitrogens with one attached hydrogen (secondary N) is 1. The molecule has 1 heterocycles. The second-order valence-electron chi connectivity index (χ2n) is 4.25. The fourth-order valence-corrected chi connectivity index (χ4v) is 2.20. The lowest BCUT2D eigenvalue weighted by atomic mass is 10.0. The van der Waals surface area contributed by atoms with Crippen molar-refractivity contribution in [2.45, 2.75) is 6.04 Å². The van der Waals surface area contributed by atoms with E-state index in [1.54, 1.807) is 6.08 Å². The molecule has 1 N–H and O–H groups in total. The maximum atomic E-state index is 13.7. The van der Waals surface area contributed by atoms with Crippen LogP contribution in [0.3, 0.4) is 0 Å². The Kier molecular flexibility index (Phi) is 4.04. The third kappa shape index (κ3) is 2.57. The highest BCUT2D eigenvalue weighted by Crippen LogP contribution is 2.26. The highest BCUT2D eigenvalue weighted by molar-refractivity contribution is 5.26. The van der Waals surface area contributed by atoms with Crippen LogP contribution in [0, 0.1) is 17.5 Å². The molecule has 18 heavy (non-hydrogen) atoms. The molecular weight excluding hydrogens is 241 g/mol. The normalized spacial score (nSPS) is 18.6. The predicted octanol–water partition coefficient (Wildman–Crippen LogP) is 2.24. The van der Waals surface area contributed by atoms with E-state index < -0.39 is 23.5 Å². The van der Waals surface area contributed by atoms with Gasteiger partial charge in [-0.1, -0.05) is 6.08 Å². The van der Waals surface area contributed by atoms with Gasteiger partial charge in [-0.3, -0.25) is 4.90 Å². The summed E-state index contributed by atoms with van der Waals surface area (Å²) in [6.07, 6.45) is 1.56. The molecule has 5 heteroatoms. The number of benzene rings is 1. The van der Waals surface area contributed by atoms with E-state index in [2.05, 4.69) is 11.9 Å². The minimum atomic E-state index is -1.17. The summed E-state index contributed by atoms with van der Waals surface area (Å²) in [6, 6.07) is 1.07. The lowest BCUT2D eigenvalue weighted by molar-refractivity contribution is 0.200. The van der Waals surface area contributed by atoms with E-state index >= 15 is 0 Å². The second-order valence-corrected chi connectivity index (χ2v) is 4.25. The van der Waals surface area contributed by atoms with E-state index in [0.29, 0.717) is 6.07 Å². The molecule has 0 amide bonds. The van der Waals surface area contributed by atoms with Crippen molar-refractivity contribution in [3.8, 4) is 0 Å². The van der Waals surface area contributed by atoms with Crippen LogP contribution in [-0.4, -0.2) is 31.1 Å². The topological polar surface area (TPSA) is 15.3 Å². The van der Waals surface area contributed by atoms with Crippen LogP contribution in [0.5, 0.6) is 0 Å². The Balaban J connectivity index is 2.31. The monoisotopic (exact) mass is 256 g/mol. The molecular formula is C13H15F3N2. The van der Waals surface area contributed by atoms with Gasteiger partial charge >= 0.3 is 0 Å². The first-order valence-electron chi connectivity index (χ1n) is 5.85. The van der Waals surface area contributed by atoms with Gasteiger partial charge in [-0.15, -0.1) is 6.58 Å². The maximum Gasteiger partial charge on any atom is 0.161 e. The van der Waals surface area contributed by atoms with Crippen LogP contribution < -0.4 is 5.32 Å². The molecule has 1 fully saturated rings. The Hall–Kier alpha value is -1.33. The zero-order valence-corrected chi connectivity index (χ0v) is 9.93. The molecule has 0 bridgehead atoms. The van der Waals surface area contributed by atoms with Crippen molar-refractivity contribution in [2.75, 3.05) is 26.2 Å². The van der Waals surface area contributed by atoms with E-state index in [1.165, 1.54) is 0 Å². The van der Waals surface area contributed by atoms with Crippen LogP contribution in [0.4, 0.5) is 13.2 Å². The Morgan fingerprint density at radius 3 is 2.33 bits per heavy atom. The smallest absolute Gasteiger partial charge is 0.161 e. The third-order valence-corrected chi connectivity index (χ3v) is 3.13. The summed E-state index contributed by atoms with van der Waals surface area (Å²) in [5, 5.41) is 3.18. The Morgan fingerprint density at radius 2 is 1.72 bits per heavy atom. The van der Waals surface area contributed by atoms with Crippen LogP contribution >= 0.6 is 0 Å². The molecule has 1 aromatic rings. The number of halogens is 3. The number of piperazine rings is 1. The van der Waals surface area contributed by atoms with E-state index in [9.17, 15) is 13.2 Å². The standard InChI is InChI=1S/C13H15F3N2/c1-2-13(18-5-3-17-4-6-18)9-7-11(15)12(16)8-10(9)14/h2,7-8,13,17H,1,3-6H2/t13-/m0/s1. The average Bonchev–Trinajstić information content (AvgIpc) is 2.38. The number of hydrogen-bond acceptors (Lipinski definition) is 2. The number of hydrogen-bond donors (Lipinski definition) is 1. The summed E-state index contributed by atoms with van der Waals surface area (Å²) in [7, 11) is 0. The highest BCUT2D eigenvalue weighted by atomic mass is 19.2. The largest absolute Gasteiger partial charge is 0.314 e. The Labute approximate surface area is 104 Å². The molecule has 0 unspecified atom stereocenters. The van der Waals surface area contributed by atoms with Crippen LogP contribution in [0.2, 0.25) is 0 Å². The van der Waals surface area contributed by atoms with Gasteiger partial charge in [0.15, 0.2) is 11.6 Å². The van der Waals surface area contributed by atoms with Crippen molar-refractivity contribution in [1.29, 1.82) is 0 Å². The molecule has 0 radical (unpaired) electrons. The molecule has 2 nitrogen and oxygen atoms in total. The average molecular weight is 256 g/mol. The molecule has 0 aromatic heterocycles.